The molecule has 0 radical (unpaired) electrons. The van der Waals surface area contributed by atoms with Crippen LogP contribution < -0.4 is 0 Å². The van der Waals surface area contributed by atoms with Crippen LogP contribution in [0.1, 0.15) is 31.2 Å². The number of hydrogen-bond acceptors (Lipinski definition) is 3. The van der Waals surface area contributed by atoms with Crippen LogP contribution in [0.3, 0.4) is 0 Å². The Hall–Kier alpha value is -2.23. The van der Waals surface area contributed by atoms with Crippen molar-refractivity contribution in [2.45, 2.75) is 31.2 Å². The molecule has 0 amide bonds. The number of rotatable bonds is 2. The SMILES string of the molecule is O=C1CCCCC1(c1cccc2ccccc12)[N+](=O)[O-]. The average molecular weight is 269 g/mol. The second-order valence-corrected chi connectivity index (χ2v) is 5.27. The molecule has 1 fully saturated rings. The summed E-state index contributed by atoms with van der Waals surface area (Å²) in [6.45, 7) is 0. The van der Waals surface area contributed by atoms with Gasteiger partial charge < -0.3 is 0 Å². The maximum atomic E-state index is 12.4. The molecule has 0 spiro atoms. The number of carbonyl (C=O) groups is 1. The number of nitro groups is 1. The second kappa shape index (κ2) is 4.71. The molecule has 20 heavy (non-hydrogen) atoms. The zero-order valence-electron chi connectivity index (χ0n) is 11.0. The fourth-order valence-electron chi connectivity index (χ4n) is 3.17. The Morgan fingerprint density at radius 3 is 2.55 bits per heavy atom. The number of benzene rings is 2. The molecule has 0 aromatic heterocycles. The molecule has 1 aliphatic carbocycles. The largest absolute Gasteiger partial charge is 0.304 e. The van der Waals surface area contributed by atoms with Gasteiger partial charge >= 0.3 is 5.54 Å². The number of hydrogen-bond donors (Lipinski definition) is 0. The predicted octanol–water partition coefficient (Wildman–Crippen LogP) is 3.45. The first-order chi connectivity index (χ1) is 9.66. The average Bonchev–Trinajstić information content (AvgIpc) is 2.47. The normalized spacial score (nSPS) is 22.9. The van der Waals surface area contributed by atoms with Crippen molar-refractivity contribution in [1.29, 1.82) is 0 Å². The van der Waals surface area contributed by atoms with Crippen molar-refractivity contribution < 1.29 is 9.72 Å². The molecule has 1 unspecified atom stereocenters. The van der Waals surface area contributed by atoms with Crippen LogP contribution in [-0.4, -0.2) is 10.7 Å². The summed E-state index contributed by atoms with van der Waals surface area (Å²) in [6.07, 6.45) is 2.06. The first kappa shape index (κ1) is 12.8. The molecule has 0 heterocycles. The molecule has 1 atom stereocenters. The van der Waals surface area contributed by atoms with E-state index in [4.69, 9.17) is 0 Å². The van der Waals surface area contributed by atoms with Crippen molar-refractivity contribution >= 4 is 16.6 Å². The third-order valence-corrected chi connectivity index (χ3v) is 4.20. The van der Waals surface area contributed by atoms with Gasteiger partial charge in [0.05, 0.1) is 0 Å². The minimum Gasteiger partial charge on any atom is -0.291 e. The lowest BCUT2D eigenvalue weighted by atomic mass is 9.74. The van der Waals surface area contributed by atoms with Gasteiger partial charge in [-0.3, -0.25) is 14.9 Å². The van der Waals surface area contributed by atoms with E-state index in [9.17, 15) is 14.9 Å². The molecule has 0 N–H and O–H groups in total. The topological polar surface area (TPSA) is 60.2 Å². The van der Waals surface area contributed by atoms with Crippen LogP contribution in [-0.2, 0) is 10.3 Å². The van der Waals surface area contributed by atoms with Crippen LogP contribution in [0.5, 0.6) is 0 Å². The summed E-state index contributed by atoms with van der Waals surface area (Å²) < 4.78 is 0. The third-order valence-electron chi connectivity index (χ3n) is 4.20. The molecule has 1 saturated carbocycles. The van der Waals surface area contributed by atoms with Crippen molar-refractivity contribution in [2.75, 3.05) is 0 Å². The highest BCUT2D eigenvalue weighted by Crippen LogP contribution is 2.40. The zero-order valence-corrected chi connectivity index (χ0v) is 11.0. The number of nitrogens with zero attached hydrogens (tertiary/aromatic N) is 1. The number of carbonyl (C=O) groups excluding carboxylic acids is 1. The van der Waals surface area contributed by atoms with Gasteiger partial charge in [0.25, 0.3) is 0 Å². The quantitative estimate of drug-likeness (QED) is 0.619. The predicted molar refractivity (Wildman–Crippen MR) is 76.1 cm³/mol. The molecule has 4 nitrogen and oxygen atoms in total. The first-order valence-corrected chi connectivity index (χ1v) is 6.82. The Balaban J connectivity index is 2.30. The lowest BCUT2D eigenvalue weighted by Crippen LogP contribution is -2.45. The fraction of sp³-hybridized carbons (Fsp3) is 0.312. The summed E-state index contributed by atoms with van der Waals surface area (Å²) in [4.78, 5) is 23.7. The Kier molecular flexibility index (Phi) is 3.01. The molecule has 2 aromatic rings. The van der Waals surface area contributed by atoms with Crippen LogP contribution in [0.25, 0.3) is 10.8 Å². The summed E-state index contributed by atoms with van der Waals surface area (Å²) >= 11 is 0. The second-order valence-electron chi connectivity index (χ2n) is 5.27. The summed E-state index contributed by atoms with van der Waals surface area (Å²) in [5, 5.41) is 13.5. The van der Waals surface area contributed by atoms with Crippen molar-refractivity contribution in [3.8, 4) is 0 Å². The van der Waals surface area contributed by atoms with Crippen LogP contribution in [0.2, 0.25) is 0 Å². The van der Waals surface area contributed by atoms with Gasteiger partial charge in [-0.05, 0) is 23.6 Å². The maximum absolute atomic E-state index is 12.4. The van der Waals surface area contributed by atoms with Gasteiger partial charge in [-0.2, -0.15) is 0 Å². The Labute approximate surface area is 116 Å². The van der Waals surface area contributed by atoms with Gasteiger partial charge in [-0.15, -0.1) is 0 Å². The highest BCUT2D eigenvalue weighted by molar-refractivity contribution is 5.96. The Morgan fingerprint density at radius 1 is 1.05 bits per heavy atom. The Bertz CT molecular complexity index is 690. The van der Waals surface area contributed by atoms with Gasteiger partial charge in [0.1, 0.15) is 0 Å². The molecule has 2 aromatic carbocycles. The van der Waals surface area contributed by atoms with E-state index in [-0.39, 0.29) is 10.7 Å². The van der Waals surface area contributed by atoms with Crippen LogP contribution in [0, 0.1) is 10.1 Å². The third kappa shape index (κ3) is 1.72. The Morgan fingerprint density at radius 2 is 1.80 bits per heavy atom. The van der Waals surface area contributed by atoms with Crippen molar-refractivity contribution in [2.24, 2.45) is 0 Å². The molecule has 4 heteroatoms. The number of ketones is 1. The summed E-state index contributed by atoms with van der Waals surface area (Å²) in [7, 11) is 0. The van der Waals surface area contributed by atoms with Gasteiger partial charge in [-0.1, -0.05) is 42.5 Å². The van der Waals surface area contributed by atoms with Crippen molar-refractivity contribution in [3.63, 3.8) is 0 Å². The van der Waals surface area contributed by atoms with E-state index in [2.05, 4.69) is 0 Å². The molecule has 0 bridgehead atoms. The van der Waals surface area contributed by atoms with E-state index in [0.717, 1.165) is 23.6 Å². The number of Topliss-reactive ketones (excluding diaryl/α,β-unsaturated/α-hetero) is 1. The van der Waals surface area contributed by atoms with E-state index in [1.165, 1.54) is 0 Å². The molecular weight excluding hydrogens is 254 g/mol. The fourth-order valence-corrected chi connectivity index (χ4v) is 3.17. The molecule has 3 rings (SSSR count). The first-order valence-electron chi connectivity index (χ1n) is 6.82. The van der Waals surface area contributed by atoms with Crippen molar-refractivity contribution in [3.05, 3.63) is 58.1 Å². The van der Waals surface area contributed by atoms with Gasteiger partial charge in [0, 0.05) is 23.3 Å². The minimum absolute atomic E-state index is 0.259. The van der Waals surface area contributed by atoms with Gasteiger partial charge in [0.2, 0.25) is 5.78 Å². The van der Waals surface area contributed by atoms with E-state index in [0.29, 0.717) is 18.4 Å². The van der Waals surface area contributed by atoms with Gasteiger partial charge in [0.15, 0.2) is 0 Å². The minimum atomic E-state index is -1.56. The van der Waals surface area contributed by atoms with E-state index in [1.807, 2.05) is 30.3 Å². The summed E-state index contributed by atoms with van der Waals surface area (Å²) in [5.41, 5.74) is -1.01. The number of fused-ring (bicyclic) bond motifs is 1. The molecule has 0 saturated heterocycles. The molecule has 0 aliphatic heterocycles. The highest BCUT2D eigenvalue weighted by atomic mass is 16.6. The lowest BCUT2D eigenvalue weighted by Gasteiger charge is -2.28. The standard InChI is InChI=1S/C16H15NO3/c18-15-10-3-4-11-16(15,17(19)20)14-9-5-7-12-6-1-2-8-13(12)14/h1-2,5-9H,3-4,10-11H2. The molecule has 1 aliphatic rings. The van der Waals surface area contributed by atoms with Crippen molar-refractivity contribution in [1.82, 2.24) is 0 Å². The monoisotopic (exact) mass is 269 g/mol. The van der Waals surface area contributed by atoms with Gasteiger partial charge in [-0.25, -0.2) is 0 Å². The summed E-state index contributed by atoms with van der Waals surface area (Å²) in [6, 6.07) is 13.0. The zero-order chi connectivity index (χ0) is 14.2. The van der Waals surface area contributed by atoms with E-state index in [1.54, 1.807) is 12.1 Å². The van der Waals surface area contributed by atoms with Crippen LogP contribution in [0.15, 0.2) is 42.5 Å². The van der Waals surface area contributed by atoms with E-state index < -0.39 is 5.54 Å². The highest BCUT2D eigenvalue weighted by Gasteiger charge is 2.53. The molecule has 102 valence electrons. The lowest BCUT2D eigenvalue weighted by molar-refractivity contribution is -0.563. The smallest absolute Gasteiger partial charge is 0.291 e. The van der Waals surface area contributed by atoms with Crippen LogP contribution >= 0.6 is 0 Å². The van der Waals surface area contributed by atoms with E-state index >= 15 is 0 Å². The maximum Gasteiger partial charge on any atom is 0.304 e. The summed E-state index contributed by atoms with van der Waals surface area (Å²) in [5.74, 6) is -0.259. The van der Waals surface area contributed by atoms with Crippen LogP contribution in [0.4, 0.5) is 0 Å². The molecular formula is C16H15NO3.